The molecule has 5 rings (SSSR count). The number of ether oxygens (including phenoxy) is 1. The minimum atomic E-state index is -0.283. The molecule has 0 spiro atoms. The summed E-state index contributed by atoms with van der Waals surface area (Å²) < 4.78 is 22.6. The zero-order chi connectivity index (χ0) is 21.5. The highest BCUT2D eigenvalue weighted by molar-refractivity contribution is 5.87. The Labute approximate surface area is 179 Å². The highest BCUT2D eigenvalue weighted by atomic mass is 19.1. The van der Waals surface area contributed by atoms with E-state index in [2.05, 4.69) is 35.7 Å². The van der Waals surface area contributed by atoms with Crippen molar-refractivity contribution in [3.8, 4) is 11.4 Å². The van der Waals surface area contributed by atoms with Crippen LogP contribution in [0.1, 0.15) is 16.8 Å². The molecule has 0 radical (unpaired) electrons. The molecular weight excluding hydrogens is 393 g/mol. The van der Waals surface area contributed by atoms with Gasteiger partial charge in [-0.1, -0.05) is 18.2 Å². The van der Waals surface area contributed by atoms with E-state index < -0.39 is 0 Å². The summed E-state index contributed by atoms with van der Waals surface area (Å²) in [5.74, 6) is 0.207. The average molecular weight is 417 g/mol. The Kier molecular flexibility index (Phi) is 4.87. The van der Waals surface area contributed by atoms with Crippen LogP contribution in [0.25, 0.3) is 16.6 Å². The standard InChI is InChI=1S/C25H24FN3O2/c1-27-11-10-23-22(15-27)21-8-7-19(13-24(21)28(23)2)29-12-9-20(14-25(29)30)31-16-17-3-5-18(26)6-4-17/h3-9,12-14H,10-11,15-16H2,1-2H3. The minimum absolute atomic E-state index is 0.158. The topological polar surface area (TPSA) is 39.4 Å². The first-order valence-electron chi connectivity index (χ1n) is 10.4. The Morgan fingerprint density at radius 1 is 1.03 bits per heavy atom. The van der Waals surface area contributed by atoms with Crippen molar-refractivity contribution in [3.05, 3.63) is 93.8 Å². The number of hydrogen-bond donors (Lipinski definition) is 0. The van der Waals surface area contributed by atoms with Gasteiger partial charge in [-0.05, 0) is 48.5 Å². The summed E-state index contributed by atoms with van der Waals surface area (Å²) in [5.41, 5.74) is 5.41. The number of aryl methyl sites for hydroxylation is 1. The molecule has 0 saturated carbocycles. The second-order valence-corrected chi connectivity index (χ2v) is 8.16. The fraction of sp³-hybridized carbons (Fsp3) is 0.240. The maximum atomic E-state index is 13.0. The van der Waals surface area contributed by atoms with Gasteiger partial charge in [0.2, 0.25) is 0 Å². The monoisotopic (exact) mass is 417 g/mol. The lowest BCUT2D eigenvalue weighted by molar-refractivity contribution is 0.305. The summed E-state index contributed by atoms with van der Waals surface area (Å²) in [5, 5.41) is 1.25. The summed E-state index contributed by atoms with van der Waals surface area (Å²) >= 11 is 0. The molecular formula is C25H24FN3O2. The Bertz CT molecular complexity index is 1320. The van der Waals surface area contributed by atoms with Crippen LogP contribution >= 0.6 is 0 Å². The van der Waals surface area contributed by atoms with Crippen molar-refractivity contribution in [3.63, 3.8) is 0 Å². The van der Waals surface area contributed by atoms with E-state index in [1.54, 1.807) is 29.0 Å². The Morgan fingerprint density at radius 3 is 2.61 bits per heavy atom. The van der Waals surface area contributed by atoms with Gasteiger partial charge in [-0.25, -0.2) is 4.39 Å². The summed E-state index contributed by atoms with van der Waals surface area (Å²) in [6.07, 6.45) is 2.77. The molecule has 2 aromatic heterocycles. The predicted molar refractivity (Wildman–Crippen MR) is 119 cm³/mol. The molecule has 5 nitrogen and oxygen atoms in total. The molecule has 0 bridgehead atoms. The van der Waals surface area contributed by atoms with E-state index >= 15 is 0 Å². The van der Waals surface area contributed by atoms with E-state index in [0.29, 0.717) is 5.75 Å². The number of aromatic nitrogens is 2. The van der Waals surface area contributed by atoms with Crippen LogP contribution in [0.2, 0.25) is 0 Å². The Balaban J connectivity index is 1.43. The number of halogens is 1. The third kappa shape index (κ3) is 3.64. The van der Waals surface area contributed by atoms with Crippen LogP contribution in [0.3, 0.4) is 0 Å². The number of fused-ring (bicyclic) bond motifs is 3. The second kappa shape index (κ2) is 7.71. The molecule has 0 atom stereocenters. The molecule has 0 saturated heterocycles. The van der Waals surface area contributed by atoms with Crippen LogP contribution in [-0.2, 0) is 26.6 Å². The Hall–Kier alpha value is -3.38. The molecule has 158 valence electrons. The molecule has 0 unspecified atom stereocenters. The van der Waals surface area contributed by atoms with Gasteiger partial charge < -0.3 is 14.2 Å². The van der Waals surface area contributed by atoms with Gasteiger partial charge in [0.25, 0.3) is 5.56 Å². The van der Waals surface area contributed by atoms with Crippen molar-refractivity contribution in [2.24, 2.45) is 7.05 Å². The number of hydrogen-bond acceptors (Lipinski definition) is 3. The van der Waals surface area contributed by atoms with Crippen molar-refractivity contribution >= 4 is 10.9 Å². The van der Waals surface area contributed by atoms with E-state index in [9.17, 15) is 9.18 Å². The maximum Gasteiger partial charge on any atom is 0.258 e. The zero-order valence-corrected chi connectivity index (χ0v) is 17.6. The summed E-state index contributed by atoms with van der Waals surface area (Å²) in [7, 11) is 4.25. The fourth-order valence-electron chi connectivity index (χ4n) is 4.36. The lowest BCUT2D eigenvalue weighted by Crippen LogP contribution is -2.26. The van der Waals surface area contributed by atoms with Gasteiger partial charge in [-0.3, -0.25) is 9.36 Å². The van der Waals surface area contributed by atoms with Gasteiger partial charge in [0.1, 0.15) is 18.2 Å². The first-order chi connectivity index (χ1) is 15.0. The van der Waals surface area contributed by atoms with Crippen LogP contribution in [0.15, 0.2) is 65.6 Å². The normalized spacial score (nSPS) is 14.0. The van der Waals surface area contributed by atoms with Crippen LogP contribution in [0.4, 0.5) is 4.39 Å². The first kappa shape index (κ1) is 19.6. The van der Waals surface area contributed by atoms with Gasteiger partial charge in [0.15, 0.2) is 0 Å². The van der Waals surface area contributed by atoms with Gasteiger partial charge in [0, 0.05) is 49.9 Å². The van der Waals surface area contributed by atoms with E-state index in [-0.39, 0.29) is 18.0 Å². The molecule has 0 amide bonds. The highest BCUT2D eigenvalue weighted by Crippen LogP contribution is 2.31. The zero-order valence-electron chi connectivity index (χ0n) is 17.6. The van der Waals surface area contributed by atoms with E-state index in [0.717, 1.165) is 36.3 Å². The lowest BCUT2D eigenvalue weighted by atomic mass is 10.0. The van der Waals surface area contributed by atoms with Crippen molar-refractivity contribution in [1.29, 1.82) is 0 Å². The molecule has 4 aromatic rings. The molecule has 31 heavy (non-hydrogen) atoms. The molecule has 1 aliphatic heterocycles. The molecule has 0 fully saturated rings. The van der Waals surface area contributed by atoms with Gasteiger partial charge in [-0.15, -0.1) is 0 Å². The molecule has 0 aliphatic carbocycles. The number of benzene rings is 2. The van der Waals surface area contributed by atoms with Crippen molar-refractivity contribution < 1.29 is 9.13 Å². The number of nitrogens with zero attached hydrogens (tertiary/aromatic N) is 3. The summed E-state index contributed by atoms with van der Waals surface area (Å²) in [4.78, 5) is 15.1. The first-order valence-corrected chi connectivity index (χ1v) is 10.4. The second-order valence-electron chi connectivity index (χ2n) is 8.16. The van der Waals surface area contributed by atoms with Crippen LogP contribution in [-0.4, -0.2) is 27.6 Å². The molecule has 0 N–H and O–H groups in total. The van der Waals surface area contributed by atoms with Crippen molar-refractivity contribution in [1.82, 2.24) is 14.0 Å². The number of rotatable bonds is 4. The smallest absolute Gasteiger partial charge is 0.258 e. The fourth-order valence-corrected chi connectivity index (χ4v) is 4.36. The number of pyridine rings is 1. The van der Waals surface area contributed by atoms with Crippen LogP contribution in [0, 0.1) is 5.82 Å². The number of likely N-dealkylation sites (N-methyl/N-ethyl adjacent to an activating group) is 1. The molecule has 3 heterocycles. The SMILES string of the molecule is CN1CCc2c(c3ccc(-n4ccc(OCc5ccc(F)cc5)cc4=O)cc3n2C)C1. The predicted octanol–water partition coefficient (Wildman–Crippen LogP) is 4.04. The molecule has 6 heteroatoms. The van der Waals surface area contributed by atoms with Gasteiger partial charge in [-0.2, -0.15) is 0 Å². The minimum Gasteiger partial charge on any atom is -0.489 e. The molecule has 2 aromatic carbocycles. The van der Waals surface area contributed by atoms with Gasteiger partial charge >= 0.3 is 0 Å². The van der Waals surface area contributed by atoms with Crippen LogP contribution in [0.5, 0.6) is 5.75 Å². The van der Waals surface area contributed by atoms with E-state index in [1.165, 1.54) is 34.8 Å². The largest absolute Gasteiger partial charge is 0.489 e. The Morgan fingerprint density at radius 2 is 1.84 bits per heavy atom. The van der Waals surface area contributed by atoms with E-state index in [4.69, 9.17) is 4.74 Å². The van der Waals surface area contributed by atoms with Crippen molar-refractivity contribution in [2.75, 3.05) is 13.6 Å². The van der Waals surface area contributed by atoms with Gasteiger partial charge in [0.05, 0.1) is 11.2 Å². The van der Waals surface area contributed by atoms with Crippen molar-refractivity contribution in [2.45, 2.75) is 19.6 Å². The maximum absolute atomic E-state index is 13.0. The highest BCUT2D eigenvalue weighted by Gasteiger charge is 2.21. The summed E-state index contributed by atoms with van der Waals surface area (Å²) in [6, 6.07) is 15.6. The average Bonchev–Trinajstić information content (AvgIpc) is 3.04. The quantitative estimate of drug-likeness (QED) is 0.503. The third-order valence-corrected chi connectivity index (χ3v) is 6.07. The lowest BCUT2D eigenvalue weighted by Gasteiger charge is -2.23. The summed E-state index contributed by atoms with van der Waals surface area (Å²) in [6.45, 7) is 2.29. The third-order valence-electron chi connectivity index (χ3n) is 6.07. The van der Waals surface area contributed by atoms with Crippen LogP contribution < -0.4 is 10.3 Å². The molecule has 1 aliphatic rings. The van der Waals surface area contributed by atoms with E-state index in [1.807, 2.05) is 6.07 Å².